The van der Waals surface area contributed by atoms with Crippen LogP contribution in [0.1, 0.15) is 52.7 Å². The van der Waals surface area contributed by atoms with Crippen LogP contribution in [0.25, 0.3) is 0 Å². The minimum Gasteiger partial charge on any atom is -0.489 e. The van der Waals surface area contributed by atoms with Gasteiger partial charge in [0.15, 0.2) is 5.78 Å². The number of Topliss-reactive ketones (excluding diaryl/α,β-unsaturated/α-hetero) is 2. The summed E-state index contributed by atoms with van der Waals surface area (Å²) in [4.78, 5) is 49.9. The molecule has 5 rings (SSSR count). The number of ketones is 2. The maximum Gasteiger partial charge on any atom is 0.322 e. The van der Waals surface area contributed by atoms with Crippen LogP contribution in [0, 0.1) is 0 Å². The first-order valence-corrected chi connectivity index (χ1v) is 11.8. The summed E-state index contributed by atoms with van der Waals surface area (Å²) in [5.41, 5.74) is 6.35. The van der Waals surface area contributed by atoms with Crippen LogP contribution in [0.2, 0.25) is 0 Å². The maximum absolute atomic E-state index is 13.0. The van der Waals surface area contributed by atoms with E-state index in [1.807, 2.05) is 30.3 Å². The molecule has 1 unspecified atom stereocenters. The maximum atomic E-state index is 13.0. The molecule has 35 heavy (non-hydrogen) atoms. The van der Waals surface area contributed by atoms with Gasteiger partial charge >= 0.3 is 5.97 Å². The molecule has 0 radical (unpaired) electrons. The number of carbonyl (C=O) groups excluding carboxylic acids is 3. The number of amides is 1. The van der Waals surface area contributed by atoms with E-state index in [4.69, 9.17) is 4.74 Å². The number of aliphatic carboxylic acids is 1. The van der Waals surface area contributed by atoms with Gasteiger partial charge in [-0.2, -0.15) is 0 Å². The molecule has 2 N–H and O–H groups in total. The number of ether oxygens (including phenoxy) is 1. The van der Waals surface area contributed by atoms with Crippen LogP contribution in [0.15, 0.2) is 42.5 Å². The van der Waals surface area contributed by atoms with E-state index >= 15 is 0 Å². The van der Waals surface area contributed by atoms with Crippen LogP contribution >= 0.6 is 0 Å². The summed E-state index contributed by atoms with van der Waals surface area (Å²) in [5.74, 6) is -0.675. The van der Waals surface area contributed by atoms with E-state index < -0.39 is 18.1 Å². The van der Waals surface area contributed by atoms with Crippen molar-refractivity contribution >= 4 is 23.4 Å². The second kappa shape index (κ2) is 9.59. The summed E-state index contributed by atoms with van der Waals surface area (Å²) in [7, 11) is 0. The van der Waals surface area contributed by atoms with Gasteiger partial charge in [0.2, 0.25) is 0 Å². The molecule has 2 aromatic rings. The van der Waals surface area contributed by atoms with Crippen molar-refractivity contribution < 1.29 is 29.0 Å². The summed E-state index contributed by atoms with van der Waals surface area (Å²) in [6, 6.07) is 12.0. The lowest BCUT2D eigenvalue weighted by atomic mass is 9.92. The van der Waals surface area contributed by atoms with Crippen molar-refractivity contribution in [3.63, 3.8) is 0 Å². The largest absolute Gasteiger partial charge is 0.489 e. The Labute approximate surface area is 202 Å². The molecule has 2 aliphatic heterocycles. The highest BCUT2D eigenvalue weighted by Gasteiger charge is 2.40. The minimum atomic E-state index is -0.825. The van der Waals surface area contributed by atoms with Crippen molar-refractivity contribution in [3.8, 4) is 5.75 Å². The van der Waals surface area contributed by atoms with Gasteiger partial charge in [0.1, 0.15) is 24.2 Å². The van der Waals surface area contributed by atoms with E-state index in [2.05, 4.69) is 5.43 Å². The number of hydrogen-bond acceptors (Lipinski definition) is 7. The number of carboxylic acids is 1. The third-order valence-electron chi connectivity index (χ3n) is 6.93. The van der Waals surface area contributed by atoms with E-state index in [1.165, 1.54) is 0 Å². The average molecular weight is 478 g/mol. The lowest BCUT2D eigenvalue weighted by Gasteiger charge is -2.29. The monoisotopic (exact) mass is 477 g/mol. The van der Waals surface area contributed by atoms with E-state index in [0.29, 0.717) is 56.8 Å². The molecule has 9 heteroatoms. The van der Waals surface area contributed by atoms with Crippen molar-refractivity contribution in [2.45, 2.75) is 57.5 Å². The van der Waals surface area contributed by atoms with Crippen LogP contribution in [0.5, 0.6) is 5.75 Å². The van der Waals surface area contributed by atoms with Gasteiger partial charge in [-0.15, -0.1) is 0 Å². The molecule has 2 fully saturated rings. The summed E-state index contributed by atoms with van der Waals surface area (Å²) in [6.07, 6.45) is 1.17. The summed E-state index contributed by atoms with van der Waals surface area (Å²) >= 11 is 0. The average Bonchev–Trinajstić information content (AvgIpc) is 3.44. The van der Waals surface area contributed by atoms with Crippen molar-refractivity contribution in [2.75, 3.05) is 6.54 Å². The number of benzene rings is 2. The first-order chi connectivity index (χ1) is 16.9. The zero-order chi connectivity index (χ0) is 24.5. The Bertz CT molecular complexity index is 1180. The van der Waals surface area contributed by atoms with Gasteiger partial charge in [0.25, 0.3) is 5.91 Å². The SMILES string of the molecule is O=C1CCC(N2Cc3c(OCc4ccc(CN5NCC[C@@H]5C(=O)O)cc4)cccc3C2=O)C(=O)C1. The third-order valence-corrected chi connectivity index (χ3v) is 6.93. The van der Waals surface area contributed by atoms with E-state index in [-0.39, 0.29) is 23.9 Å². The van der Waals surface area contributed by atoms with Crippen molar-refractivity contribution in [3.05, 3.63) is 64.7 Å². The molecule has 2 aromatic carbocycles. The van der Waals surface area contributed by atoms with Crippen LogP contribution in [-0.2, 0) is 34.1 Å². The Morgan fingerprint density at radius 2 is 1.83 bits per heavy atom. The van der Waals surface area contributed by atoms with Gasteiger partial charge < -0.3 is 14.7 Å². The second-order valence-corrected chi connectivity index (χ2v) is 9.24. The van der Waals surface area contributed by atoms with Gasteiger partial charge in [0, 0.05) is 30.6 Å². The molecule has 182 valence electrons. The van der Waals surface area contributed by atoms with Crippen molar-refractivity contribution in [1.82, 2.24) is 15.3 Å². The molecule has 1 amide bonds. The number of hydrogen-bond donors (Lipinski definition) is 2. The Kier molecular flexibility index (Phi) is 6.36. The molecule has 0 bridgehead atoms. The molecule has 0 aromatic heterocycles. The number of rotatable bonds is 7. The fourth-order valence-electron chi connectivity index (χ4n) is 5.03. The molecule has 1 aliphatic carbocycles. The van der Waals surface area contributed by atoms with Gasteiger partial charge in [-0.25, -0.2) is 5.01 Å². The minimum absolute atomic E-state index is 0.0659. The lowest BCUT2D eigenvalue weighted by molar-refractivity contribution is -0.143. The predicted molar refractivity (Wildman–Crippen MR) is 124 cm³/mol. The predicted octanol–water partition coefficient (Wildman–Crippen LogP) is 2.08. The van der Waals surface area contributed by atoms with Crippen molar-refractivity contribution in [2.24, 2.45) is 0 Å². The number of carboxylic acid groups (broad SMARTS) is 1. The molecule has 1 saturated heterocycles. The quantitative estimate of drug-likeness (QED) is 0.583. The topological polar surface area (TPSA) is 116 Å². The van der Waals surface area contributed by atoms with Gasteiger partial charge in [-0.1, -0.05) is 30.3 Å². The van der Waals surface area contributed by atoms with Crippen molar-refractivity contribution in [1.29, 1.82) is 0 Å². The first kappa shape index (κ1) is 23.2. The molecular formula is C26H27N3O6. The first-order valence-electron chi connectivity index (χ1n) is 11.8. The Morgan fingerprint density at radius 1 is 1.06 bits per heavy atom. The van der Waals surface area contributed by atoms with E-state index in [0.717, 1.165) is 16.7 Å². The van der Waals surface area contributed by atoms with Gasteiger partial charge in [-0.3, -0.25) is 24.6 Å². The zero-order valence-corrected chi connectivity index (χ0v) is 19.2. The normalized spacial score (nSPS) is 22.5. The molecule has 2 heterocycles. The molecule has 2 atom stereocenters. The number of fused-ring (bicyclic) bond motifs is 1. The van der Waals surface area contributed by atoms with Gasteiger partial charge in [0.05, 0.1) is 19.0 Å². The smallest absolute Gasteiger partial charge is 0.322 e. The molecule has 3 aliphatic rings. The zero-order valence-electron chi connectivity index (χ0n) is 19.2. The van der Waals surface area contributed by atoms with Crippen LogP contribution < -0.4 is 10.2 Å². The molecule has 0 spiro atoms. The number of hydrazine groups is 1. The third kappa shape index (κ3) is 4.69. The highest BCUT2D eigenvalue weighted by Crippen LogP contribution is 2.34. The summed E-state index contributed by atoms with van der Waals surface area (Å²) < 4.78 is 6.07. The fraction of sp³-hybridized carbons (Fsp3) is 0.385. The second-order valence-electron chi connectivity index (χ2n) is 9.24. The highest BCUT2D eigenvalue weighted by atomic mass is 16.5. The summed E-state index contributed by atoms with van der Waals surface area (Å²) in [5, 5.41) is 11.1. The highest BCUT2D eigenvalue weighted by molar-refractivity contribution is 6.07. The molecule has 9 nitrogen and oxygen atoms in total. The van der Waals surface area contributed by atoms with E-state index in [1.54, 1.807) is 22.0 Å². The molecule has 1 saturated carbocycles. The van der Waals surface area contributed by atoms with Crippen LogP contribution in [0.3, 0.4) is 0 Å². The standard InChI is InChI=1S/C26H27N3O6/c30-18-8-9-21(23(31)12-18)28-14-20-19(25(28)32)2-1-3-24(20)35-15-17-6-4-16(5-7-17)13-29-22(26(33)34)10-11-27-29/h1-7,21-22,27H,8-15H2,(H,33,34)/t21?,22-/m1/s1. The fourth-order valence-corrected chi connectivity index (χ4v) is 5.03. The van der Waals surface area contributed by atoms with Crippen LogP contribution in [-0.4, -0.2) is 57.1 Å². The number of nitrogens with one attached hydrogen (secondary N) is 1. The van der Waals surface area contributed by atoms with E-state index in [9.17, 15) is 24.3 Å². The van der Waals surface area contributed by atoms with Crippen LogP contribution in [0.4, 0.5) is 0 Å². The Morgan fingerprint density at radius 3 is 2.57 bits per heavy atom. The Balaban J connectivity index is 1.23. The molecular weight excluding hydrogens is 450 g/mol. The Hall–Kier alpha value is -3.56. The number of nitrogens with zero attached hydrogens (tertiary/aromatic N) is 2. The number of carbonyl (C=O) groups is 4. The lowest BCUT2D eigenvalue weighted by Crippen LogP contribution is -2.44. The van der Waals surface area contributed by atoms with Gasteiger partial charge in [-0.05, 0) is 36.1 Å². The summed E-state index contributed by atoms with van der Waals surface area (Å²) in [6.45, 7) is 1.74.